The van der Waals surface area contributed by atoms with Gasteiger partial charge >= 0.3 is 0 Å². The number of rotatable bonds is 2. The van der Waals surface area contributed by atoms with Crippen LogP contribution in [-0.2, 0) is 12.0 Å². The number of nitrogen functional groups attached to an aromatic ring is 1. The van der Waals surface area contributed by atoms with E-state index in [4.69, 9.17) is 10.5 Å². The first kappa shape index (κ1) is 15.7. The summed E-state index contributed by atoms with van der Waals surface area (Å²) >= 11 is 0. The van der Waals surface area contributed by atoms with Crippen LogP contribution in [0, 0.1) is 0 Å². The number of ether oxygens (including phenoxy) is 1. The molecule has 122 valence electrons. The molecule has 0 saturated carbocycles. The van der Waals surface area contributed by atoms with Gasteiger partial charge in [-0.2, -0.15) is 0 Å². The first-order valence-electron chi connectivity index (χ1n) is 8.23. The molecule has 0 radical (unpaired) electrons. The van der Waals surface area contributed by atoms with Crippen LogP contribution in [0.4, 0.5) is 11.4 Å². The van der Waals surface area contributed by atoms with Gasteiger partial charge in [-0.25, -0.2) is 0 Å². The highest BCUT2D eigenvalue weighted by Crippen LogP contribution is 2.36. The van der Waals surface area contributed by atoms with E-state index in [9.17, 15) is 0 Å². The van der Waals surface area contributed by atoms with E-state index < -0.39 is 0 Å². The molecule has 1 aliphatic heterocycles. The van der Waals surface area contributed by atoms with Crippen molar-refractivity contribution in [3.8, 4) is 5.75 Å². The van der Waals surface area contributed by atoms with Gasteiger partial charge < -0.3 is 15.4 Å². The van der Waals surface area contributed by atoms with Crippen molar-refractivity contribution in [3.63, 3.8) is 0 Å². The van der Waals surface area contributed by atoms with Crippen molar-refractivity contribution in [2.24, 2.45) is 0 Å². The third-order valence-electron chi connectivity index (χ3n) is 4.32. The van der Waals surface area contributed by atoms with E-state index in [2.05, 4.69) is 62.9 Å². The fourth-order valence-electron chi connectivity index (χ4n) is 3.03. The highest BCUT2D eigenvalue weighted by molar-refractivity contribution is 5.65. The zero-order valence-corrected chi connectivity index (χ0v) is 14.5. The van der Waals surface area contributed by atoms with Gasteiger partial charge in [0.05, 0.1) is 12.2 Å². The SMILES string of the molecule is CC1CN(Cc2ccc(C(C)(C)C)cc2)c2ccc(N)cc2O1. The highest BCUT2D eigenvalue weighted by Gasteiger charge is 2.23. The lowest BCUT2D eigenvalue weighted by molar-refractivity contribution is 0.212. The Morgan fingerprint density at radius 2 is 1.83 bits per heavy atom. The molecule has 0 aromatic heterocycles. The van der Waals surface area contributed by atoms with Crippen LogP contribution in [0.1, 0.15) is 38.8 Å². The number of fused-ring (bicyclic) bond motifs is 1. The molecule has 2 N–H and O–H groups in total. The van der Waals surface area contributed by atoms with Crippen molar-refractivity contribution < 1.29 is 4.74 Å². The van der Waals surface area contributed by atoms with Gasteiger partial charge in [0.2, 0.25) is 0 Å². The van der Waals surface area contributed by atoms with Crippen LogP contribution in [-0.4, -0.2) is 12.6 Å². The minimum atomic E-state index is 0.165. The number of anilines is 2. The summed E-state index contributed by atoms with van der Waals surface area (Å²) in [5.74, 6) is 0.884. The summed E-state index contributed by atoms with van der Waals surface area (Å²) in [4.78, 5) is 2.37. The van der Waals surface area contributed by atoms with Crippen LogP contribution in [0.25, 0.3) is 0 Å². The minimum Gasteiger partial charge on any atom is -0.487 e. The molecule has 3 rings (SSSR count). The van der Waals surface area contributed by atoms with Gasteiger partial charge in [-0.3, -0.25) is 0 Å². The Hall–Kier alpha value is -2.16. The molecule has 0 spiro atoms. The average Bonchev–Trinajstić information content (AvgIpc) is 2.46. The van der Waals surface area contributed by atoms with Gasteiger partial charge in [0.15, 0.2) is 0 Å². The summed E-state index contributed by atoms with van der Waals surface area (Å²) in [6, 6.07) is 14.9. The molecule has 1 aliphatic rings. The van der Waals surface area contributed by atoms with Crippen LogP contribution in [0.5, 0.6) is 5.75 Å². The lowest BCUT2D eigenvalue weighted by Gasteiger charge is -2.35. The Bertz CT molecular complexity index is 686. The molecule has 1 atom stereocenters. The topological polar surface area (TPSA) is 38.5 Å². The number of benzene rings is 2. The van der Waals surface area contributed by atoms with E-state index in [-0.39, 0.29) is 11.5 Å². The van der Waals surface area contributed by atoms with Gasteiger partial charge in [0.25, 0.3) is 0 Å². The second-order valence-electron chi connectivity index (χ2n) is 7.48. The maximum Gasteiger partial charge on any atom is 0.145 e. The third kappa shape index (κ3) is 3.44. The normalized spacial score (nSPS) is 17.6. The fourth-order valence-corrected chi connectivity index (χ4v) is 3.03. The quantitative estimate of drug-likeness (QED) is 0.838. The zero-order chi connectivity index (χ0) is 16.6. The molecular weight excluding hydrogens is 284 g/mol. The first-order chi connectivity index (χ1) is 10.8. The minimum absolute atomic E-state index is 0.165. The molecule has 1 heterocycles. The van der Waals surface area contributed by atoms with Gasteiger partial charge in [0, 0.05) is 18.3 Å². The van der Waals surface area contributed by atoms with E-state index >= 15 is 0 Å². The summed E-state index contributed by atoms with van der Waals surface area (Å²) in [6.45, 7) is 10.6. The molecule has 2 aromatic carbocycles. The van der Waals surface area contributed by atoms with Crippen molar-refractivity contribution in [1.29, 1.82) is 0 Å². The monoisotopic (exact) mass is 310 g/mol. The maximum atomic E-state index is 5.92. The van der Waals surface area contributed by atoms with Crippen LogP contribution >= 0.6 is 0 Å². The molecule has 0 fully saturated rings. The Labute approximate surface area is 139 Å². The Balaban J connectivity index is 1.83. The van der Waals surface area contributed by atoms with Gasteiger partial charge in [-0.1, -0.05) is 45.0 Å². The Morgan fingerprint density at radius 1 is 1.13 bits per heavy atom. The highest BCUT2D eigenvalue weighted by atomic mass is 16.5. The molecule has 0 aliphatic carbocycles. The first-order valence-corrected chi connectivity index (χ1v) is 8.23. The fraction of sp³-hybridized carbons (Fsp3) is 0.400. The number of hydrogen-bond acceptors (Lipinski definition) is 3. The molecule has 23 heavy (non-hydrogen) atoms. The molecule has 3 heteroatoms. The summed E-state index contributed by atoms with van der Waals surface area (Å²) in [7, 11) is 0. The molecule has 0 amide bonds. The Kier molecular flexibility index (Phi) is 3.97. The summed E-state index contributed by atoms with van der Waals surface area (Å²) in [5.41, 5.74) is 10.6. The summed E-state index contributed by atoms with van der Waals surface area (Å²) in [6.07, 6.45) is 0.165. The number of nitrogens with two attached hydrogens (primary N) is 1. The van der Waals surface area contributed by atoms with Gasteiger partial charge in [-0.15, -0.1) is 0 Å². The zero-order valence-electron chi connectivity index (χ0n) is 14.5. The largest absolute Gasteiger partial charge is 0.487 e. The van der Waals surface area contributed by atoms with E-state index in [1.807, 2.05) is 12.1 Å². The molecule has 0 saturated heterocycles. The Morgan fingerprint density at radius 3 is 2.48 bits per heavy atom. The van der Waals surface area contributed by atoms with E-state index in [1.165, 1.54) is 11.1 Å². The lowest BCUT2D eigenvalue weighted by atomic mass is 9.87. The second-order valence-corrected chi connectivity index (χ2v) is 7.48. The molecule has 1 unspecified atom stereocenters. The number of hydrogen-bond donors (Lipinski definition) is 1. The van der Waals surface area contributed by atoms with Gasteiger partial charge in [0.1, 0.15) is 11.9 Å². The van der Waals surface area contributed by atoms with Crippen molar-refractivity contribution in [2.75, 3.05) is 17.2 Å². The van der Waals surface area contributed by atoms with Crippen LogP contribution in [0.15, 0.2) is 42.5 Å². The van der Waals surface area contributed by atoms with Crippen LogP contribution in [0.2, 0.25) is 0 Å². The van der Waals surface area contributed by atoms with E-state index in [0.29, 0.717) is 0 Å². The molecule has 2 aromatic rings. The maximum absolute atomic E-state index is 5.92. The standard InChI is InChI=1S/C20H26N2O/c1-14-12-22(18-10-9-17(21)11-19(18)23-14)13-15-5-7-16(8-6-15)20(2,3)4/h5-11,14H,12-13,21H2,1-4H3. The smallest absolute Gasteiger partial charge is 0.145 e. The third-order valence-corrected chi connectivity index (χ3v) is 4.32. The molecule has 0 bridgehead atoms. The van der Waals surface area contributed by atoms with E-state index in [0.717, 1.165) is 30.2 Å². The molecule has 3 nitrogen and oxygen atoms in total. The van der Waals surface area contributed by atoms with Crippen molar-refractivity contribution in [2.45, 2.75) is 45.8 Å². The second kappa shape index (κ2) is 5.80. The van der Waals surface area contributed by atoms with E-state index in [1.54, 1.807) is 0 Å². The van der Waals surface area contributed by atoms with Crippen molar-refractivity contribution in [1.82, 2.24) is 0 Å². The summed E-state index contributed by atoms with van der Waals surface area (Å²) in [5, 5.41) is 0. The number of nitrogens with zero attached hydrogens (tertiary/aromatic N) is 1. The lowest BCUT2D eigenvalue weighted by Crippen LogP contribution is -2.38. The predicted molar refractivity (Wildman–Crippen MR) is 97.1 cm³/mol. The van der Waals surface area contributed by atoms with Crippen molar-refractivity contribution in [3.05, 3.63) is 53.6 Å². The van der Waals surface area contributed by atoms with Gasteiger partial charge in [-0.05, 0) is 35.6 Å². The van der Waals surface area contributed by atoms with Crippen LogP contribution < -0.4 is 15.4 Å². The summed E-state index contributed by atoms with van der Waals surface area (Å²) < 4.78 is 5.92. The average molecular weight is 310 g/mol. The van der Waals surface area contributed by atoms with Crippen molar-refractivity contribution >= 4 is 11.4 Å². The predicted octanol–water partition coefficient (Wildman–Crippen LogP) is 4.35. The van der Waals surface area contributed by atoms with Crippen LogP contribution in [0.3, 0.4) is 0 Å². The molecular formula is C20H26N2O.